The first-order valence-electron chi connectivity index (χ1n) is 11.5. The molecule has 1 aliphatic heterocycles. The lowest BCUT2D eigenvalue weighted by atomic mass is 9.72. The third-order valence-corrected chi connectivity index (χ3v) is 7.11. The minimum atomic E-state index is -0.702. The van der Waals surface area contributed by atoms with E-state index in [-0.39, 0.29) is 6.04 Å². The molecule has 4 rings (SSSR count). The highest BCUT2D eigenvalue weighted by molar-refractivity contribution is 5.84. The normalized spacial score (nSPS) is 25.5. The minimum Gasteiger partial charge on any atom is -0.490 e. The Labute approximate surface area is 180 Å². The van der Waals surface area contributed by atoms with Gasteiger partial charge in [-0.3, -0.25) is 9.69 Å². The summed E-state index contributed by atoms with van der Waals surface area (Å²) in [4.78, 5) is 13.5. The number of fused-ring (bicyclic) bond motifs is 1. The van der Waals surface area contributed by atoms with Gasteiger partial charge in [-0.15, -0.1) is 0 Å². The number of carboxylic acid groups (broad SMARTS) is 1. The molecule has 1 aliphatic carbocycles. The Morgan fingerprint density at radius 3 is 2.43 bits per heavy atom. The van der Waals surface area contributed by atoms with Gasteiger partial charge >= 0.3 is 5.97 Å². The Morgan fingerprint density at radius 2 is 1.73 bits per heavy atom. The summed E-state index contributed by atoms with van der Waals surface area (Å²) in [5.74, 6) is 1.05. The van der Waals surface area contributed by atoms with E-state index in [9.17, 15) is 9.90 Å². The monoisotopic (exact) mass is 409 g/mol. The maximum Gasteiger partial charge on any atom is 0.320 e. The number of hydrogen-bond donors (Lipinski definition) is 1. The highest BCUT2D eigenvalue weighted by atomic mass is 16.5. The van der Waals surface area contributed by atoms with Gasteiger partial charge in [0.2, 0.25) is 0 Å². The van der Waals surface area contributed by atoms with Crippen LogP contribution >= 0.6 is 0 Å². The number of carbonyl (C=O) groups is 1. The quantitative estimate of drug-likeness (QED) is 0.671. The fraction of sp³-hybridized carbons (Fsp3) is 0.577. The molecule has 30 heavy (non-hydrogen) atoms. The van der Waals surface area contributed by atoms with Crippen molar-refractivity contribution in [2.24, 2.45) is 11.3 Å². The van der Waals surface area contributed by atoms with E-state index in [2.05, 4.69) is 62.1 Å². The Bertz CT molecular complexity index is 893. The molecule has 0 aromatic heterocycles. The van der Waals surface area contributed by atoms with E-state index >= 15 is 0 Å². The van der Waals surface area contributed by atoms with Gasteiger partial charge in [-0.2, -0.15) is 0 Å². The van der Waals surface area contributed by atoms with Crippen molar-refractivity contribution in [1.82, 2.24) is 4.90 Å². The molecule has 4 nitrogen and oxygen atoms in total. The SMILES string of the molecule is CC(C)(C)C1CCC(Oc2ccc3cc(CN4CCCC4C(=O)O)ccc3c2)CC1. The fourth-order valence-corrected chi connectivity index (χ4v) is 5.21. The summed E-state index contributed by atoms with van der Waals surface area (Å²) >= 11 is 0. The van der Waals surface area contributed by atoms with Crippen LogP contribution in [-0.4, -0.2) is 34.7 Å². The number of nitrogens with zero attached hydrogens (tertiary/aromatic N) is 1. The second-order valence-electron chi connectivity index (χ2n) is 10.3. The number of likely N-dealkylation sites (tertiary alicyclic amines) is 1. The van der Waals surface area contributed by atoms with Gasteiger partial charge in [0.05, 0.1) is 6.10 Å². The van der Waals surface area contributed by atoms with Crippen molar-refractivity contribution in [3.8, 4) is 5.75 Å². The molecule has 2 aliphatic rings. The second-order valence-corrected chi connectivity index (χ2v) is 10.3. The van der Waals surface area contributed by atoms with E-state index in [1.807, 2.05) is 0 Å². The molecule has 0 bridgehead atoms. The van der Waals surface area contributed by atoms with E-state index < -0.39 is 5.97 Å². The lowest BCUT2D eigenvalue weighted by Crippen LogP contribution is -2.35. The maximum atomic E-state index is 11.4. The van der Waals surface area contributed by atoms with Crippen LogP contribution in [0.1, 0.15) is 64.9 Å². The zero-order chi connectivity index (χ0) is 21.3. The van der Waals surface area contributed by atoms with Crippen molar-refractivity contribution < 1.29 is 14.6 Å². The number of rotatable bonds is 5. The average Bonchev–Trinajstić information content (AvgIpc) is 3.16. The third kappa shape index (κ3) is 4.80. The number of hydrogen-bond acceptors (Lipinski definition) is 3. The summed E-state index contributed by atoms with van der Waals surface area (Å²) in [7, 11) is 0. The van der Waals surface area contributed by atoms with Crippen molar-refractivity contribution in [2.75, 3.05) is 6.54 Å². The smallest absolute Gasteiger partial charge is 0.320 e. The molecule has 1 saturated heterocycles. The first-order chi connectivity index (χ1) is 14.3. The molecule has 0 amide bonds. The summed E-state index contributed by atoms with van der Waals surface area (Å²) < 4.78 is 6.33. The summed E-state index contributed by atoms with van der Waals surface area (Å²) in [6.45, 7) is 8.60. The van der Waals surface area contributed by atoms with Gasteiger partial charge in [-0.1, -0.05) is 39.0 Å². The van der Waals surface area contributed by atoms with Crippen LogP contribution < -0.4 is 4.74 Å². The van der Waals surface area contributed by atoms with Crippen LogP contribution in [0.3, 0.4) is 0 Å². The van der Waals surface area contributed by atoms with Crippen LogP contribution in [0, 0.1) is 11.3 Å². The van der Waals surface area contributed by atoms with Gasteiger partial charge in [0, 0.05) is 6.54 Å². The fourth-order valence-electron chi connectivity index (χ4n) is 5.21. The van der Waals surface area contributed by atoms with Crippen molar-refractivity contribution in [2.45, 2.75) is 78.0 Å². The summed E-state index contributed by atoms with van der Waals surface area (Å²) in [5.41, 5.74) is 1.57. The Kier molecular flexibility index (Phi) is 6.06. The number of ether oxygens (including phenoxy) is 1. The molecule has 2 fully saturated rings. The van der Waals surface area contributed by atoms with Crippen molar-refractivity contribution in [3.05, 3.63) is 42.0 Å². The van der Waals surface area contributed by atoms with E-state index in [4.69, 9.17) is 4.74 Å². The maximum absolute atomic E-state index is 11.4. The van der Waals surface area contributed by atoms with Crippen LogP contribution in [0.15, 0.2) is 36.4 Å². The largest absolute Gasteiger partial charge is 0.490 e. The van der Waals surface area contributed by atoms with Gasteiger partial charge in [0.25, 0.3) is 0 Å². The van der Waals surface area contributed by atoms with Crippen LogP contribution in [0.4, 0.5) is 0 Å². The van der Waals surface area contributed by atoms with Crippen molar-refractivity contribution in [1.29, 1.82) is 0 Å². The first-order valence-corrected chi connectivity index (χ1v) is 11.5. The topological polar surface area (TPSA) is 49.8 Å². The molecular formula is C26H35NO3. The molecule has 1 atom stereocenters. The van der Waals surface area contributed by atoms with Crippen LogP contribution in [-0.2, 0) is 11.3 Å². The van der Waals surface area contributed by atoms with Gasteiger partial charge in [-0.05, 0) is 90.9 Å². The van der Waals surface area contributed by atoms with Gasteiger partial charge in [0.15, 0.2) is 0 Å². The third-order valence-electron chi connectivity index (χ3n) is 7.11. The summed E-state index contributed by atoms with van der Waals surface area (Å²) in [6, 6.07) is 12.5. The average molecular weight is 410 g/mol. The zero-order valence-corrected chi connectivity index (χ0v) is 18.6. The summed E-state index contributed by atoms with van der Waals surface area (Å²) in [5, 5.41) is 11.8. The van der Waals surface area contributed by atoms with E-state index in [1.54, 1.807) is 0 Å². The van der Waals surface area contributed by atoms with E-state index in [1.165, 1.54) is 29.2 Å². The molecular weight excluding hydrogens is 374 g/mol. The first kappa shape index (κ1) is 21.2. The standard InChI is InChI=1S/C26H35NO3/c1-26(2,3)21-9-12-22(13-10-21)30-23-11-8-19-15-18(6-7-20(19)16-23)17-27-14-4-5-24(27)25(28)29/h6-8,11,15-16,21-22,24H,4-5,9-10,12-14,17H2,1-3H3,(H,28,29). The molecule has 1 heterocycles. The van der Waals surface area contributed by atoms with Crippen LogP contribution in [0.5, 0.6) is 5.75 Å². The molecule has 0 spiro atoms. The van der Waals surface area contributed by atoms with Gasteiger partial charge < -0.3 is 9.84 Å². The van der Waals surface area contributed by atoms with Gasteiger partial charge in [-0.25, -0.2) is 0 Å². The summed E-state index contributed by atoms with van der Waals surface area (Å²) in [6.07, 6.45) is 6.81. The second kappa shape index (κ2) is 8.58. The van der Waals surface area contributed by atoms with E-state index in [0.29, 0.717) is 18.1 Å². The molecule has 2 aromatic rings. The lowest BCUT2D eigenvalue weighted by molar-refractivity contribution is -0.142. The minimum absolute atomic E-state index is 0.323. The predicted octanol–water partition coefficient (Wildman–Crippen LogP) is 5.87. The molecule has 0 radical (unpaired) electrons. The lowest BCUT2D eigenvalue weighted by Gasteiger charge is -2.37. The van der Waals surface area contributed by atoms with Gasteiger partial charge in [0.1, 0.15) is 11.8 Å². The zero-order valence-electron chi connectivity index (χ0n) is 18.6. The van der Waals surface area contributed by atoms with Crippen molar-refractivity contribution in [3.63, 3.8) is 0 Å². The number of carboxylic acids is 1. The molecule has 1 N–H and O–H groups in total. The number of aliphatic carboxylic acids is 1. The number of benzene rings is 2. The highest BCUT2D eigenvalue weighted by Gasteiger charge is 2.31. The van der Waals surface area contributed by atoms with Crippen molar-refractivity contribution >= 4 is 16.7 Å². The highest BCUT2D eigenvalue weighted by Crippen LogP contribution is 2.39. The van der Waals surface area contributed by atoms with Crippen LogP contribution in [0.2, 0.25) is 0 Å². The molecule has 1 saturated carbocycles. The molecule has 2 aromatic carbocycles. The molecule has 4 heteroatoms. The van der Waals surface area contributed by atoms with Crippen LogP contribution in [0.25, 0.3) is 10.8 Å². The Hall–Kier alpha value is -2.07. The molecule has 162 valence electrons. The Morgan fingerprint density at radius 1 is 1.03 bits per heavy atom. The predicted molar refractivity (Wildman–Crippen MR) is 121 cm³/mol. The molecule has 1 unspecified atom stereocenters. The Balaban J connectivity index is 1.39. The van der Waals surface area contributed by atoms with E-state index in [0.717, 1.165) is 43.9 Å².